The Balaban J connectivity index is 1.64. The van der Waals surface area contributed by atoms with Crippen molar-refractivity contribution < 1.29 is 9.53 Å². The van der Waals surface area contributed by atoms with E-state index >= 15 is 0 Å². The second-order valence-corrected chi connectivity index (χ2v) is 9.03. The Morgan fingerprint density at radius 2 is 2.27 bits per heavy atom. The number of aromatic amines is 1. The van der Waals surface area contributed by atoms with Gasteiger partial charge in [-0.2, -0.15) is 0 Å². The van der Waals surface area contributed by atoms with Crippen molar-refractivity contribution >= 4 is 45.0 Å². The summed E-state index contributed by atoms with van der Waals surface area (Å²) in [5.74, 6) is -0.130. The van der Waals surface area contributed by atoms with Gasteiger partial charge >= 0.3 is 0 Å². The van der Waals surface area contributed by atoms with E-state index < -0.39 is 6.04 Å². The number of fused-ring (bicyclic) bond motifs is 3. The van der Waals surface area contributed by atoms with E-state index in [-0.39, 0.29) is 17.6 Å². The third kappa shape index (κ3) is 4.16. The second kappa shape index (κ2) is 8.15. The molecule has 4 N–H and O–H groups in total. The lowest BCUT2D eigenvalue weighted by atomic mass is 10.0. The van der Waals surface area contributed by atoms with Crippen LogP contribution < -0.4 is 11.1 Å². The lowest BCUT2D eigenvalue weighted by Crippen LogP contribution is -2.60. The first-order valence-corrected chi connectivity index (χ1v) is 10.6. The molecule has 1 aliphatic rings. The first kappa shape index (κ1) is 21.1. The Morgan fingerprint density at radius 1 is 1.47 bits per heavy atom. The molecule has 3 heterocycles. The van der Waals surface area contributed by atoms with Crippen molar-refractivity contribution in [3.05, 3.63) is 35.6 Å². The number of hydrogen-bond donors (Lipinski definition) is 3. The fourth-order valence-electron chi connectivity index (χ4n) is 4.05. The molecule has 0 saturated carbocycles. The summed E-state index contributed by atoms with van der Waals surface area (Å²) in [6.07, 6.45) is 4.36. The Labute approximate surface area is 180 Å². The van der Waals surface area contributed by atoms with Crippen molar-refractivity contribution in [2.75, 3.05) is 25.0 Å². The third-order valence-electron chi connectivity index (χ3n) is 5.68. The standard InChI is InChI=1S/C22H28ClN5O2/c1-4-14(24)10-28-12-22(2,3)30-11-19(28)21(29)27-17-8-13(23)7-16-15-5-6-25-9-18(15)26-20(16)17/h5-9,14,19,26H,4,10-12,24H2,1-3H3,(H,27,29)/t14-,19-/m0/s1. The maximum atomic E-state index is 13.3. The van der Waals surface area contributed by atoms with Gasteiger partial charge < -0.3 is 20.8 Å². The molecule has 0 unspecified atom stereocenters. The van der Waals surface area contributed by atoms with Gasteiger partial charge in [-0.25, -0.2) is 0 Å². The molecule has 1 saturated heterocycles. The van der Waals surface area contributed by atoms with Gasteiger partial charge in [0.1, 0.15) is 6.04 Å². The number of H-pyrrole nitrogens is 1. The van der Waals surface area contributed by atoms with Gasteiger partial charge in [0.2, 0.25) is 5.91 Å². The summed E-state index contributed by atoms with van der Waals surface area (Å²) >= 11 is 6.37. The Kier molecular flexibility index (Phi) is 5.72. The van der Waals surface area contributed by atoms with E-state index in [2.05, 4.69) is 27.1 Å². The average Bonchev–Trinajstić information content (AvgIpc) is 3.06. The van der Waals surface area contributed by atoms with Crippen molar-refractivity contribution in [3.8, 4) is 0 Å². The topological polar surface area (TPSA) is 96.3 Å². The van der Waals surface area contributed by atoms with Crippen LogP contribution in [0, 0.1) is 0 Å². The van der Waals surface area contributed by atoms with Gasteiger partial charge in [-0.15, -0.1) is 0 Å². The SMILES string of the molecule is CC[C@H](N)CN1CC(C)(C)OC[C@H]1C(=O)Nc1cc(Cl)cc2c1[nH]c1cnccc12. The molecule has 1 fully saturated rings. The zero-order chi connectivity index (χ0) is 21.5. The highest BCUT2D eigenvalue weighted by atomic mass is 35.5. The summed E-state index contributed by atoms with van der Waals surface area (Å²) in [5, 5.41) is 5.58. The number of pyridine rings is 1. The number of halogens is 1. The molecular weight excluding hydrogens is 402 g/mol. The van der Waals surface area contributed by atoms with Crippen LogP contribution in [0.1, 0.15) is 27.2 Å². The molecule has 8 heteroatoms. The number of benzene rings is 1. The molecule has 2 atom stereocenters. The Hall–Kier alpha value is -2.19. The lowest BCUT2D eigenvalue weighted by molar-refractivity contribution is -0.143. The van der Waals surface area contributed by atoms with E-state index in [4.69, 9.17) is 22.1 Å². The number of hydrogen-bond acceptors (Lipinski definition) is 5. The minimum Gasteiger partial charge on any atom is -0.372 e. The average molecular weight is 430 g/mol. The van der Waals surface area contributed by atoms with Crippen LogP contribution in [-0.4, -0.2) is 58.2 Å². The van der Waals surface area contributed by atoms with Crippen molar-refractivity contribution in [2.45, 2.75) is 44.9 Å². The monoisotopic (exact) mass is 429 g/mol. The minimum absolute atomic E-state index is 0.00767. The highest BCUT2D eigenvalue weighted by molar-refractivity contribution is 6.33. The highest BCUT2D eigenvalue weighted by Gasteiger charge is 2.38. The molecule has 1 aromatic carbocycles. The molecule has 0 aliphatic carbocycles. The predicted molar refractivity (Wildman–Crippen MR) is 121 cm³/mol. The molecule has 1 amide bonds. The Morgan fingerprint density at radius 3 is 3.03 bits per heavy atom. The van der Waals surface area contributed by atoms with Gasteiger partial charge in [-0.1, -0.05) is 18.5 Å². The van der Waals surface area contributed by atoms with E-state index in [0.717, 1.165) is 28.2 Å². The summed E-state index contributed by atoms with van der Waals surface area (Å²) in [5.41, 5.74) is 8.24. The number of nitrogens with zero attached hydrogens (tertiary/aromatic N) is 2. The van der Waals surface area contributed by atoms with Crippen LogP contribution in [0.25, 0.3) is 21.8 Å². The third-order valence-corrected chi connectivity index (χ3v) is 5.90. The normalized spacial score (nSPS) is 20.5. The highest BCUT2D eigenvalue weighted by Crippen LogP contribution is 2.33. The molecule has 30 heavy (non-hydrogen) atoms. The molecule has 160 valence electrons. The van der Waals surface area contributed by atoms with Crippen molar-refractivity contribution in [1.29, 1.82) is 0 Å². The second-order valence-electron chi connectivity index (χ2n) is 8.60. The van der Waals surface area contributed by atoms with E-state index in [1.807, 2.05) is 26.0 Å². The van der Waals surface area contributed by atoms with Crippen molar-refractivity contribution in [1.82, 2.24) is 14.9 Å². The van der Waals surface area contributed by atoms with E-state index in [9.17, 15) is 4.79 Å². The van der Waals surface area contributed by atoms with Crippen LogP contribution in [0.5, 0.6) is 0 Å². The number of nitrogens with two attached hydrogens (primary N) is 1. The lowest BCUT2D eigenvalue weighted by Gasteiger charge is -2.43. The van der Waals surface area contributed by atoms with E-state index in [1.54, 1.807) is 18.5 Å². The van der Waals surface area contributed by atoms with Gasteiger partial charge in [0.25, 0.3) is 0 Å². The van der Waals surface area contributed by atoms with Gasteiger partial charge in [0, 0.05) is 41.1 Å². The van der Waals surface area contributed by atoms with Gasteiger partial charge in [-0.3, -0.25) is 14.7 Å². The number of nitrogens with one attached hydrogen (secondary N) is 2. The van der Waals surface area contributed by atoms with E-state index in [1.165, 1.54) is 0 Å². The number of morpholine rings is 1. The number of carbonyl (C=O) groups is 1. The maximum absolute atomic E-state index is 13.3. The van der Waals surface area contributed by atoms with Crippen LogP contribution >= 0.6 is 11.6 Å². The fourth-order valence-corrected chi connectivity index (χ4v) is 4.27. The fraction of sp³-hybridized carbons (Fsp3) is 0.455. The minimum atomic E-state index is -0.421. The molecule has 2 aromatic heterocycles. The number of amides is 1. The first-order chi connectivity index (χ1) is 14.3. The van der Waals surface area contributed by atoms with E-state index in [0.29, 0.717) is 30.4 Å². The molecule has 0 bridgehead atoms. The summed E-state index contributed by atoms with van der Waals surface area (Å²) < 4.78 is 5.96. The van der Waals surface area contributed by atoms with Crippen LogP contribution in [0.2, 0.25) is 5.02 Å². The molecular formula is C22H28ClN5O2. The maximum Gasteiger partial charge on any atom is 0.244 e. The van der Waals surface area contributed by atoms with Crippen molar-refractivity contribution in [3.63, 3.8) is 0 Å². The number of aromatic nitrogens is 2. The molecule has 7 nitrogen and oxygen atoms in total. The largest absolute Gasteiger partial charge is 0.372 e. The van der Waals surface area contributed by atoms with Crippen LogP contribution in [-0.2, 0) is 9.53 Å². The van der Waals surface area contributed by atoms with Crippen LogP contribution in [0.3, 0.4) is 0 Å². The molecule has 1 aliphatic heterocycles. The van der Waals surface area contributed by atoms with Gasteiger partial charge in [0.05, 0.1) is 35.1 Å². The summed E-state index contributed by atoms with van der Waals surface area (Å²) in [6, 6.07) is 5.18. The first-order valence-electron chi connectivity index (χ1n) is 10.3. The number of rotatable bonds is 5. The quantitative estimate of drug-likeness (QED) is 0.576. The van der Waals surface area contributed by atoms with Crippen LogP contribution in [0.4, 0.5) is 5.69 Å². The van der Waals surface area contributed by atoms with Gasteiger partial charge in [-0.05, 0) is 38.5 Å². The summed E-state index contributed by atoms with van der Waals surface area (Å²) in [6.45, 7) is 7.72. The molecule has 0 spiro atoms. The molecule has 0 radical (unpaired) electrons. The zero-order valence-electron chi connectivity index (χ0n) is 17.5. The number of carbonyl (C=O) groups excluding carboxylic acids is 1. The predicted octanol–water partition coefficient (Wildman–Crippen LogP) is 3.52. The zero-order valence-corrected chi connectivity index (χ0v) is 18.3. The van der Waals surface area contributed by atoms with Gasteiger partial charge in [0.15, 0.2) is 0 Å². The summed E-state index contributed by atoms with van der Waals surface area (Å²) in [4.78, 5) is 22.9. The number of ether oxygens (including phenoxy) is 1. The molecule has 4 rings (SSSR count). The van der Waals surface area contributed by atoms with Crippen LogP contribution in [0.15, 0.2) is 30.6 Å². The number of anilines is 1. The Bertz CT molecular complexity index is 1080. The van der Waals surface area contributed by atoms with Crippen molar-refractivity contribution in [2.24, 2.45) is 5.73 Å². The summed E-state index contributed by atoms with van der Waals surface area (Å²) in [7, 11) is 0. The molecule has 3 aromatic rings. The smallest absolute Gasteiger partial charge is 0.244 e.